The molecule has 0 unspecified atom stereocenters. The molecule has 0 saturated carbocycles. The highest BCUT2D eigenvalue weighted by molar-refractivity contribution is 5.87. The van der Waals surface area contributed by atoms with Crippen LogP contribution in [0.4, 0.5) is 17.1 Å². The Morgan fingerprint density at radius 1 is 0.303 bits per heavy atom. The van der Waals surface area contributed by atoms with Gasteiger partial charge < -0.3 is 9.32 Å². The molecular weight excluding hydrogens is 1200 g/mol. The lowest BCUT2D eigenvalue weighted by molar-refractivity contribution is 0.397. The van der Waals surface area contributed by atoms with Crippen LogP contribution in [0.2, 0.25) is 0 Å². The molecule has 0 amide bonds. The molecule has 0 atom stereocenters. The molecule has 12 rings (SSSR count). The summed E-state index contributed by atoms with van der Waals surface area (Å²) >= 11 is 0. The maximum absolute atomic E-state index is 6.57. The van der Waals surface area contributed by atoms with Gasteiger partial charge in [-0.15, -0.1) is 10.2 Å². The van der Waals surface area contributed by atoms with Crippen molar-refractivity contribution in [2.24, 2.45) is 0 Å². The first-order valence-corrected chi connectivity index (χ1v) is 39.1. The van der Waals surface area contributed by atoms with Crippen LogP contribution in [0.1, 0.15) is 266 Å². The lowest BCUT2D eigenvalue weighted by atomic mass is 9.68. The minimum atomic E-state index is -0.277. The van der Waals surface area contributed by atoms with Gasteiger partial charge in [0.1, 0.15) is 0 Å². The van der Waals surface area contributed by atoms with Crippen molar-refractivity contribution in [1.82, 2.24) is 10.2 Å². The Balaban J connectivity index is 0.801. The standard InChI is InChI=1S/C95H113N3O/c1-9-13-17-21-25-32-62-94(63-33-26-22-18-14-10-2)87-66-71(6)40-58-83(87)84-59-49-76(67-88(84)94)72-41-43-74(44-42-72)91-96-97-92(99-91)75-45-51-78(52-46-75)93(7,8)79-53-61-86-85-60-50-77(73-47-56-82(57-48-73)98(80-36-30-29-31-37-80)81-54-38-70(5)39-55-81)68-89(85)95(90(86)69-79,64-34-27-23-19-15-11-3)65-35-28-24-20-16-12-4/h29-31,36-61,66-69H,9-28,32-35,62-65H2,1-8H3. The van der Waals surface area contributed by atoms with E-state index in [9.17, 15) is 0 Å². The van der Waals surface area contributed by atoms with Gasteiger partial charge >= 0.3 is 0 Å². The van der Waals surface area contributed by atoms with Crippen LogP contribution in [0.25, 0.3) is 67.4 Å². The molecule has 4 nitrogen and oxygen atoms in total. The zero-order chi connectivity index (χ0) is 68.6. The van der Waals surface area contributed by atoms with Crippen molar-refractivity contribution in [2.75, 3.05) is 4.90 Å². The number of aryl methyl sites for hydroxylation is 2. The summed E-state index contributed by atoms with van der Waals surface area (Å²) in [5.41, 5.74) is 27.2. The van der Waals surface area contributed by atoms with Gasteiger partial charge in [0.05, 0.1) is 0 Å². The van der Waals surface area contributed by atoms with E-state index in [1.165, 1.54) is 245 Å². The highest BCUT2D eigenvalue weighted by Crippen LogP contribution is 2.58. The number of para-hydroxylation sites is 1. The Bertz CT molecular complexity index is 4160. The molecule has 514 valence electrons. The van der Waals surface area contributed by atoms with Gasteiger partial charge in [0.2, 0.25) is 11.8 Å². The summed E-state index contributed by atoms with van der Waals surface area (Å²) in [4.78, 5) is 2.37. The third kappa shape index (κ3) is 15.9. The molecule has 0 saturated heterocycles. The molecule has 10 aromatic rings. The quantitative estimate of drug-likeness (QED) is 0.0364. The Morgan fingerprint density at radius 3 is 1.08 bits per heavy atom. The van der Waals surface area contributed by atoms with E-state index in [4.69, 9.17) is 4.42 Å². The van der Waals surface area contributed by atoms with Crippen molar-refractivity contribution in [3.8, 4) is 67.4 Å². The van der Waals surface area contributed by atoms with Gasteiger partial charge in [-0.3, -0.25) is 0 Å². The Hall–Kier alpha value is -8.08. The van der Waals surface area contributed by atoms with E-state index < -0.39 is 0 Å². The normalized spacial score (nSPS) is 13.3. The van der Waals surface area contributed by atoms with Crippen LogP contribution in [0.5, 0.6) is 0 Å². The molecule has 2 aliphatic carbocycles. The van der Waals surface area contributed by atoms with E-state index >= 15 is 0 Å². The van der Waals surface area contributed by atoms with Crippen molar-refractivity contribution in [3.05, 3.63) is 245 Å². The molecule has 0 radical (unpaired) electrons. The average molecular weight is 1310 g/mol. The van der Waals surface area contributed by atoms with E-state index in [1.807, 2.05) is 0 Å². The smallest absolute Gasteiger partial charge is 0.248 e. The highest BCUT2D eigenvalue weighted by atomic mass is 16.4. The molecule has 0 fully saturated rings. The SMILES string of the molecule is CCCCCCCCC1(CCCCCCCC)c2cc(C)ccc2-c2ccc(-c3ccc(-c4nnc(-c5ccc(C(C)(C)c6ccc7c(c6)C(CCCCCCCC)(CCCCCCCC)c6cc(-c8ccc(N(c9ccccc9)c9ccc(C)cc9)cc8)ccc6-7)cc5)o4)cc3)cc21. The fourth-order valence-corrected chi connectivity index (χ4v) is 17.0. The fraction of sp³-hybridized carbons (Fsp3) is 0.411. The summed E-state index contributed by atoms with van der Waals surface area (Å²) in [6.07, 6.45) is 36.0. The second-order valence-electron chi connectivity index (χ2n) is 30.3. The van der Waals surface area contributed by atoms with Crippen LogP contribution in [0, 0.1) is 13.8 Å². The molecule has 4 heteroatoms. The van der Waals surface area contributed by atoms with Crippen LogP contribution in [0.3, 0.4) is 0 Å². The van der Waals surface area contributed by atoms with Crippen LogP contribution >= 0.6 is 0 Å². The third-order valence-corrected chi connectivity index (χ3v) is 22.9. The number of anilines is 3. The molecule has 0 spiro atoms. The second-order valence-corrected chi connectivity index (χ2v) is 30.3. The summed E-state index contributed by atoms with van der Waals surface area (Å²) < 4.78 is 6.57. The van der Waals surface area contributed by atoms with Gasteiger partial charge in [-0.2, -0.15) is 0 Å². The molecule has 99 heavy (non-hydrogen) atoms. The monoisotopic (exact) mass is 1310 g/mol. The van der Waals surface area contributed by atoms with Gasteiger partial charge in [-0.05, 0) is 190 Å². The summed E-state index contributed by atoms with van der Waals surface area (Å²) in [7, 11) is 0. The maximum atomic E-state index is 6.57. The topological polar surface area (TPSA) is 42.2 Å². The molecule has 0 aliphatic heterocycles. The largest absolute Gasteiger partial charge is 0.416 e. The zero-order valence-corrected chi connectivity index (χ0v) is 61.6. The van der Waals surface area contributed by atoms with E-state index in [2.05, 4.69) is 271 Å². The van der Waals surface area contributed by atoms with Crippen molar-refractivity contribution >= 4 is 17.1 Å². The summed E-state index contributed by atoms with van der Waals surface area (Å²) in [5.74, 6) is 1.08. The van der Waals surface area contributed by atoms with E-state index in [-0.39, 0.29) is 16.2 Å². The molecule has 2 aliphatic rings. The van der Waals surface area contributed by atoms with Crippen LogP contribution in [-0.2, 0) is 16.2 Å². The predicted octanol–water partition coefficient (Wildman–Crippen LogP) is 28.7. The molecule has 1 aromatic heterocycles. The Morgan fingerprint density at radius 2 is 0.626 bits per heavy atom. The number of benzene rings is 9. The van der Waals surface area contributed by atoms with Gasteiger partial charge in [0, 0.05) is 44.4 Å². The highest BCUT2D eigenvalue weighted by Gasteiger charge is 2.45. The molecule has 0 bridgehead atoms. The Kier molecular flexibility index (Phi) is 23.9. The zero-order valence-electron chi connectivity index (χ0n) is 61.6. The third-order valence-electron chi connectivity index (χ3n) is 22.9. The first-order chi connectivity index (χ1) is 48.5. The number of hydrogen-bond acceptors (Lipinski definition) is 4. The van der Waals surface area contributed by atoms with E-state index in [1.54, 1.807) is 11.1 Å². The minimum absolute atomic E-state index is 0.0376. The first-order valence-electron chi connectivity index (χ1n) is 39.1. The molecular formula is C95H113N3O. The first kappa shape index (κ1) is 70.8. The molecule has 0 N–H and O–H groups in total. The van der Waals surface area contributed by atoms with Crippen LogP contribution < -0.4 is 4.90 Å². The predicted molar refractivity (Wildman–Crippen MR) is 423 cm³/mol. The summed E-state index contributed by atoms with van der Waals surface area (Å²) in [5, 5.41) is 9.34. The number of unbranched alkanes of at least 4 members (excludes halogenated alkanes) is 20. The lowest BCUT2D eigenvalue weighted by Gasteiger charge is -2.35. The van der Waals surface area contributed by atoms with Crippen LogP contribution in [0.15, 0.2) is 205 Å². The molecule has 1 heterocycles. The van der Waals surface area contributed by atoms with Crippen molar-refractivity contribution in [1.29, 1.82) is 0 Å². The number of hydrogen-bond donors (Lipinski definition) is 0. The van der Waals surface area contributed by atoms with E-state index in [0.717, 1.165) is 41.0 Å². The average Bonchev–Trinajstić information content (AvgIpc) is 1.12. The van der Waals surface area contributed by atoms with Gasteiger partial charge in [-0.25, -0.2) is 0 Å². The number of nitrogens with zero attached hydrogens (tertiary/aromatic N) is 3. The van der Waals surface area contributed by atoms with Crippen LogP contribution in [-0.4, -0.2) is 10.2 Å². The van der Waals surface area contributed by atoms with Gasteiger partial charge in [0.25, 0.3) is 0 Å². The maximum Gasteiger partial charge on any atom is 0.248 e. The van der Waals surface area contributed by atoms with Crippen molar-refractivity contribution < 1.29 is 4.42 Å². The summed E-state index contributed by atoms with van der Waals surface area (Å²) in [6, 6.07) is 76.5. The van der Waals surface area contributed by atoms with Gasteiger partial charge in [-0.1, -0.05) is 334 Å². The van der Waals surface area contributed by atoms with Crippen molar-refractivity contribution in [3.63, 3.8) is 0 Å². The van der Waals surface area contributed by atoms with Gasteiger partial charge in [0.15, 0.2) is 0 Å². The van der Waals surface area contributed by atoms with E-state index in [0.29, 0.717) is 11.8 Å². The van der Waals surface area contributed by atoms with Crippen molar-refractivity contribution in [2.45, 2.75) is 251 Å². The summed E-state index contributed by atoms with van der Waals surface area (Å²) in [6.45, 7) is 18.6. The number of rotatable bonds is 37. The Labute approximate surface area is 596 Å². The fourth-order valence-electron chi connectivity index (χ4n) is 17.0. The number of aromatic nitrogens is 2. The number of fused-ring (bicyclic) bond motifs is 6. The lowest BCUT2D eigenvalue weighted by Crippen LogP contribution is -2.27. The minimum Gasteiger partial charge on any atom is -0.416 e. The molecule has 9 aromatic carbocycles. The second kappa shape index (κ2) is 33.4.